The van der Waals surface area contributed by atoms with Gasteiger partial charge in [-0.3, -0.25) is 18.6 Å². The molecule has 0 aromatic heterocycles. The molecule has 0 saturated heterocycles. The van der Waals surface area contributed by atoms with E-state index in [0.29, 0.717) is 6.42 Å². The average molecular weight is 932 g/mol. The van der Waals surface area contributed by atoms with Crippen LogP contribution < -0.4 is 5.73 Å². The zero-order valence-corrected chi connectivity index (χ0v) is 42.6. The number of phosphoric acid groups is 1. The SMILES string of the molecule is CC/C=C\C/C=C\C/C=C\C/C=C\CCCCCCCCCCCCCCCCC(=O)OC(COC(=O)CCCCCCCCC/C=C\C/C=C\CCCCC)COP(=O)(O)OCCN. The Balaban J connectivity index is 4.01. The van der Waals surface area contributed by atoms with Crippen molar-refractivity contribution >= 4 is 19.8 Å². The van der Waals surface area contributed by atoms with Gasteiger partial charge in [0.25, 0.3) is 0 Å². The van der Waals surface area contributed by atoms with Gasteiger partial charge in [0, 0.05) is 19.4 Å². The summed E-state index contributed by atoms with van der Waals surface area (Å²) in [5.41, 5.74) is 5.37. The third-order valence-electron chi connectivity index (χ3n) is 11.1. The van der Waals surface area contributed by atoms with E-state index in [9.17, 15) is 19.0 Å². The van der Waals surface area contributed by atoms with Crippen LogP contribution in [0.1, 0.15) is 232 Å². The van der Waals surface area contributed by atoms with Gasteiger partial charge in [-0.15, -0.1) is 0 Å². The summed E-state index contributed by atoms with van der Waals surface area (Å²) < 4.78 is 32.9. The van der Waals surface area contributed by atoms with Crippen LogP contribution in [0.2, 0.25) is 0 Å². The van der Waals surface area contributed by atoms with Gasteiger partial charge < -0.3 is 20.1 Å². The lowest BCUT2D eigenvalue weighted by atomic mass is 10.0. The zero-order valence-electron chi connectivity index (χ0n) is 41.7. The molecule has 0 aromatic carbocycles. The molecule has 0 aliphatic heterocycles. The third-order valence-corrected chi connectivity index (χ3v) is 12.1. The summed E-state index contributed by atoms with van der Waals surface area (Å²) in [6.45, 7) is 3.60. The van der Waals surface area contributed by atoms with Crippen molar-refractivity contribution in [3.63, 3.8) is 0 Å². The van der Waals surface area contributed by atoms with Crippen LogP contribution in [0.5, 0.6) is 0 Å². The molecule has 0 amide bonds. The molecule has 2 atom stereocenters. The molecule has 0 rings (SSSR count). The van der Waals surface area contributed by atoms with Crippen molar-refractivity contribution in [2.24, 2.45) is 5.73 Å². The summed E-state index contributed by atoms with van der Waals surface area (Å²) in [6, 6.07) is 0. The fourth-order valence-electron chi connectivity index (χ4n) is 7.19. The van der Waals surface area contributed by atoms with E-state index >= 15 is 0 Å². The van der Waals surface area contributed by atoms with E-state index in [-0.39, 0.29) is 38.6 Å². The molecule has 0 radical (unpaired) electrons. The normalized spacial score (nSPS) is 13.7. The first-order valence-electron chi connectivity index (χ1n) is 26.4. The maximum absolute atomic E-state index is 12.7. The minimum absolute atomic E-state index is 0.0500. The number of carbonyl (C=O) groups excluding carboxylic acids is 2. The molecule has 0 bridgehead atoms. The Morgan fingerprint density at radius 1 is 0.477 bits per heavy atom. The smallest absolute Gasteiger partial charge is 0.462 e. The minimum atomic E-state index is -4.39. The lowest BCUT2D eigenvalue weighted by Gasteiger charge is -2.19. The fourth-order valence-corrected chi connectivity index (χ4v) is 7.95. The first kappa shape index (κ1) is 62.4. The lowest BCUT2D eigenvalue weighted by molar-refractivity contribution is -0.161. The quantitative estimate of drug-likeness (QED) is 0.0265. The molecule has 0 saturated carbocycles. The Bertz CT molecular complexity index is 1290. The number of nitrogens with two attached hydrogens (primary N) is 1. The van der Waals surface area contributed by atoms with Crippen LogP contribution in [0, 0.1) is 0 Å². The number of allylic oxidation sites excluding steroid dienone is 12. The third kappa shape index (κ3) is 50.7. The van der Waals surface area contributed by atoms with Gasteiger partial charge in [-0.05, 0) is 83.5 Å². The van der Waals surface area contributed by atoms with E-state index in [2.05, 4.69) is 86.8 Å². The van der Waals surface area contributed by atoms with Crippen LogP contribution in [-0.4, -0.2) is 49.3 Å². The van der Waals surface area contributed by atoms with E-state index in [1.54, 1.807) is 0 Å². The number of phosphoric ester groups is 1. The Kier molecular flexibility index (Phi) is 48.9. The molecule has 2 unspecified atom stereocenters. The Morgan fingerprint density at radius 3 is 1.26 bits per heavy atom. The Morgan fingerprint density at radius 2 is 0.846 bits per heavy atom. The topological polar surface area (TPSA) is 134 Å². The molecule has 0 aliphatic carbocycles. The predicted octanol–water partition coefficient (Wildman–Crippen LogP) is 16.2. The van der Waals surface area contributed by atoms with Gasteiger partial charge in [-0.25, -0.2) is 4.57 Å². The highest BCUT2D eigenvalue weighted by molar-refractivity contribution is 7.47. The summed E-state index contributed by atoms with van der Waals surface area (Å²) in [7, 11) is -4.39. The molecule has 3 N–H and O–H groups in total. The molecule has 0 spiro atoms. The molecule has 0 aliphatic rings. The van der Waals surface area contributed by atoms with Gasteiger partial charge in [0.05, 0.1) is 13.2 Å². The first-order valence-corrected chi connectivity index (χ1v) is 27.9. The van der Waals surface area contributed by atoms with Crippen LogP contribution in [0.15, 0.2) is 72.9 Å². The van der Waals surface area contributed by atoms with E-state index in [4.69, 9.17) is 24.3 Å². The van der Waals surface area contributed by atoms with Crippen molar-refractivity contribution in [3.05, 3.63) is 72.9 Å². The number of esters is 2. The van der Waals surface area contributed by atoms with Crippen molar-refractivity contribution in [1.82, 2.24) is 0 Å². The number of carbonyl (C=O) groups is 2. The standard InChI is InChI=1S/C55H98NO8P/c1-3-5-7-9-11-13-15-17-19-21-22-23-24-25-26-27-28-29-30-32-34-36-38-40-42-44-46-48-55(58)64-53(52-63-65(59,60)62-50-49-56)51-61-54(57)47-45-43-41-39-37-35-33-31-20-18-16-14-12-10-8-6-4-2/h5,7,11-14,17-20,22-23,53H,3-4,6,8-10,15-16,21,24-52,56H2,1-2H3,(H,59,60)/b7-5-,13-11-,14-12-,19-17-,20-18-,23-22-. The van der Waals surface area contributed by atoms with Gasteiger partial charge in [0.15, 0.2) is 6.10 Å². The monoisotopic (exact) mass is 932 g/mol. The highest BCUT2D eigenvalue weighted by atomic mass is 31.2. The highest BCUT2D eigenvalue weighted by Gasteiger charge is 2.26. The van der Waals surface area contributed by atoms with Crippen molar-refractivity contribution in [2.45, 2.75) is 238 Å². The number of hydrogen-bond donors (Lipinski definition) is 2. The second-order valence-corrected chi connectivity index (χ2v) is 18.8. The average Bonchev–Trinajstić information content (AvgIpc) is 3.30. The summed E-state index contributed by atoms with van der Waals surface area (Å²) in [4.78, 5) is 35.1. The molecule has 9 nitrogen and oxygen atoms in total. The second kappa shape index (κ2) is 50.9. The van der Waals surface area contributed by atoms with Crippen LogP contribution >= 0.6 is 7.82 Å². The second-order valence-electron chi connectivity index (χ2n) is 17.4. The summed E-state index contributed by atoms with van der Waals surface area (Å²) in [5, 5.41) is 0. The van der Waals surface area contributed by atoms with Gasteiger partial charge >= 0.3 is 19.8 Å². The molecule has 0 aromatic rings. The molecule has 0 fully saturated rings. The van der Waals surface area contributed by atoms with E-state index < -0.39 is 26.5 Å². The van der Waals surface area contributed by atoms with E-state index in [1.165, 1.54) is 116 Å². The highest BCUT2D eigenvalue weighted by Crippen LogP contribution is 2.43. The summed E-state index contributed by atoms with van der Waals surface area (Å²) in [6.07, 6.45) is 63.7. The van der Waals surface area contributed by atoms with Gasteiger partial charge in [-0.1, -0.05) is 209 Å². The molecule has 376 valence electrons. The first-order chi connectivity index (χ1) is 31.8. The number of rotatable bonds is 49. The largest absolute Gasteiger partial charge is 0.472 e. The van der Waals surface area contributed by atoms with Gasteiger partial charge in [0.2, 0.25) is 0 Å². The van der Waals surface area contributed by atoms with Crippen molar-refractivity contribution < 1.29 is 37.6 Å². The zero-order chi connectivity index (χ0) is 47.4. The van der Waals surface area contributed by atoms with Crippen LogP contribution in [0.25, 0.3) is 0 Å². The molecular weight excluding hydrogens is 834 g/mol. The summed E-state index contributed by atoms with van der Waals surface area (Å²) in [5.74, 6) is -0.836. The molecule has 65 heavy (non-hydrogen) atoms. The maximum atomic E-state index is 12.7. The van der Waals surface area contributed by atoms with E-state index in [1.807, 2.05) is 0 Å². The van der Waals surface area contributed by atoms with E-state index in [0.717, 1.165) is 83.5 Å². The van der Waals surface area contributed by atoms with Crippen LogP contribution in [0.3, 0.4) is 0 Å². The lowest BCUT2D eigenvalue weighted by Crippen LogP contribution is -2.29. The molecule has 10 heteroatoms. The number of unbranched alkanes of at least 4 members (excludes halogenated alkanes) is 24. The summed E-state index contributed by atoms with van der Waals surface area (Å²) >= 11 is 0. The van der Waals surface area contributed by atoms with Crippen LogP contribution in [0.4, 0.5) is 0 Å². The predicted molar refractivity (Wildman–Crippen MR) is 275 cm³/mol. The molecular formula is C55H98NO8P. The molecule has 0 heterocycles. The van der Waals surface area contributed by atoms with Crippen molar-refractivity contribution in [1.29, 1.82) is 0 Å². The maximum Gasteiger partial charge on any atom is 0.472 e. The minimum Gasteiger partial charge on any atom is -0.462 e. The van der Waals surface area contributed by atoms with Crippen molar-refractivity contribution in [2.75, 3.05) is 26.4 Å². The fraction of sp³-hybridized carbons (Fsp3) is 0.745. The van der Waals surface area contributed by atoms with Crippen molar-refractivity contribution in [3.8, 4) is 0 Å². The number of ether oxygens (including phenoxy) is 2. The van der Waals surface area contributed by atoms with Gasteiger partial charge in [0.1, 0.15) is 6.61 Å². The number of hydrogen-bond acceptors (Lipinski definition) is 8. The Labute approximate surface area is 399 Å². The Hall–Kier alpha value is -2.55. The van der Waals surface area contributed by atoms with Crippen LogP contribution in [-0.2, 0) is 32.7 Å². The van der Waals surface area contributed by atoms with Gasteiger partial charge in [-0.2, -0.15) is 0 Å².